The molecule has 0 bridgehead atoms. The summed E-state index contributed by atoms with van der Waals surface area (Å²) in [6.45, 7) is 10.0. The average molecular weight is 224 g/mol. The standard InChI is InChI=1S/C12H24N4/c1-4-8-14-12(13-3)15-10-11-7-6-9-16(11)5-2/h4,11H,1,5-10H2,2-3H3,(H2,13,14,15). The van der Waals surface area contributed by atoms with Crippen LogP contribution in [0.15, 0.2) is 17.6 Å². The van der Waals surface area contributed by atoms with E-state index in [2.05, 4.69) is 34.0 Å². The van der Waals surface area contributed by atoms with Crippen LogP contribution in [0.5, 0.6) is 0 Å². The Morgan fingerprint density at radius 1 is 1.56 bits per heavy atom. The van der Waals surface area contributed by atoms with Crippen molar-refractivity contribution in [1.29, 1.82) is 0 Å². The lowest BCUT2D eigenvalue weighted by Crippen LogP contribution is -2.44. The van der Waals surface area contributed by atoms with E-state index in [4.69, 9.17) is 0 Å². The molecule has 2 N–H and O–H groups in total. The van der Waals surface area contributed by atoms with Gasteiger partial charge >= 0.3 is 0 Å². The lowest BCUT2D eigenvalue weighted by Gasteiger charge is -2.23. The second kappa shape index (κ2) is 7.28. The highest BCUT2D eigenvalue weighted by atomic mass is 15.2. The van der Waals surface area contributed by atoms with E-state index in [1.54, 1.807) is 7.05 Å². The molecule has 1 unspecified atom stereocenters. The Hall–Kier alpha value is -1.03. The van der Waals surface area contributed by atoms with Gasteiger partial charge in [-0.05, 0) is 25.9 Å². The molecule has 4 nitrogen and oxygen atoms in total. The molecule has 0 saturated carbocycles. The van der Waals surface area contributed by atoms with Crippen LogP contribution in [0.25, 0.3) is 0 Å². The van der Waals surface area contributed by atoms with Crippen molar-refractivity contribution in [3.05, 3.63) is 12.7 Å². The van der Waals surface area contributed by atoms with Crippen LogP contribution < -0.4 is 10.6 Å². The van der Waals surface area contributed by atoms with Gasteiger partial charge in [-0.2, -0.15) is 0 Å². The number of guanidine groups is 1. The minimum atomic E-state index is 0.660. The predicted octanol–water partition coefficient (Wildman–Crippen LogP) is 0.822. The number of nitrogens with one attached hydrogen (secondary N) is 2. The summed E-state index contributed by atoms with van der Waals surface area (Å²) in [4.78, 5) is 6.69. The van der Waals surface area contributed by atoms with Gasteiger partial charge in [-0.1, -0.05) is 13.0 Å². The molecule has 1 saturated heterocycles. The van der Waals surface area contributed by atoms with Gasteiger partial charge in [0.2, 0.25) is 0 Å². The fraction of sp³-hybridized carbons (Fsp3) is 0.750. The average Bonchev–Trinajstić information content (AvgIpc) is 2.77. The normalized spacial score (nSPS) is 22.1. The number of likely N-dealkylation sites (N-methyl/N-ethyl adjacent to an activating group) is 1. The molecule has 1 rings (SSSR count). The Bertz CT molecular complexity index is 237. The summed E-state index contributed by atoms with van der Waals surface area (Å²) in [5, 5.41) is 6.54. The Balaban J connectivity index is 2.29. The Morgan fingerprint density at radius 3 is 3.00 bits per heavy atom. The van der Waals surface area contributed by atoms with Gasteiger partial charge in [0.25, 0.3) is 0 Å². The molecule has 0 spiro atoms. The van der Waals surface area contributed by atoms with E-state index >= 15 is 0 Å². The molecule has 0 amide bonds. The van der Waals surface area contributed by atoms with Gasteiger partial charge in [0.05, 0.1) is 0 Å². The molecule has 0 aliphatic carbocycles. The fourth-order valence-electron chi connectivity index (χ4n) is 2.15. The fourth-order valence-corrected chi connectivity index (χ4v) is 2.15. The number of rotatable bonds is 5. The topological polar surface area (TPSA) is 39.7 Å². The van der Waals surface area contributed by atoms with E-state index < -0.39 is 0 Å². The van der Waals surface area contributed by atoms with Crippen molar-refractivity contribution < 1.29 is 0 Å². The third-order valence-electron chi connectivity index (χ3n) is 3.05. The van der Waals surface area contributed by atoms with Crippen LogP contribution in [0.4, 0.5) is 0 Å². The van der Waals surface area contributed by atoms with Crippen LogP contribution in [-0.4, -0.2) is 50.1 Å². The molecule has 1 aliphatic heterocycles. The third-order valence-corrected chi connectivity index (χ3v) is 3.05. The summed E-state index contributed by atoms with van der Waals surface area (Å²) in [6, 6.07) is 0.660. The second-order valence-electron chi connectivity index (χ2n) is 4.05. The number of nitrogens with zero attached hydrogens (tertiary/aromatic N) is 2. The summed E-state index contributed by atoms with van der Waals surface area (Å²) < 4.78 is 0. The Labute approximate surface area is 98.8 Å². The molecule has 1 fully saturated rings. The van der Waals surface area contributed by atoms with Gasteiger partial charge in [0, 0.05) is 26.2 Å². The SMILES string of the molecule is C=CCNC(=NC)NCC1CCCN1CC. The first kappa shape index (κ1) is 13.0. The summed E-state index contributed by atoms with van der Waals surface area (Å²) in [6.07, 6.45) is 4.44. The molecule has 1 heterocycles. The lowest BCUT2D eigenvalue weighted by molar-refractivity contribution is 0.267. The van der Waals surface area contributed by atoms with Crippen molar-refractivity contribution in [3.63, 3.8) is 0 Å². The molecule has 0 aromatic carbocycles. The maximum Gasteiger partial charge on any atom is 0.191 e. The number of hydrogen-bond donors (Lipinski definition) is 2. The molecule has 4 heteroatoms. The van der Waals surface area contributed by atoms with Crippen LogP contribution in [-0.2, 0) is 0 Å². The van der Waals surface area contributed by atoms with Crippen molar-refractivity contribution in [2.45, 2.75) is 25.8 Å². The van der Waals surface area contributed by atoms with Gasteiger partial charge in [-0.3, -0.25) is 9.89 Å². The summed E-state index contributed by atoms with van der Waals surface area (Å²) in [5.41, 5.74) is 0. The zero-order valence-corrected chi connectivity index (χ0v) is 10.5. The van der Waals surface area contributed by atoms with E-state index in [9.17, 15) is 0 Å². The van der Waals surface area contributed by atoms with Crippen LogP contribution in [0.1, 0.15) is 19.8 Å². The zero-order valence-electron chi connectivity index (χ0n) is 10.5. The van der Waals surface area contributed by atoms with Crippen molar-refractivity contribution in [1.82, 2.24) is 15.5 Å². The molecular weight excluding hydrogens is 200 g/mol. The van der Waals surface area contributed by atoms with E-state index in [1.165, 1.54) is 19.4 Å². The first-order chi connectivity index (χ1) is 7.81. The first-order valence-electron chi connectivity index (χ1n) is 6.11. The molecular formula is C12H24N4. The van der Waals surface area contributed by atoms with E-state index in [1.807, 2.05) is 6.08 Å². The van der Waals surface area contributed by atoms with E-state index in [-0.39, 0.29) is 0 Å². The molecule has 0 aromatic heterocycles. The molecule has 1 atom stereocenters. The molecule has 92 valence electrons. The van der Waals surface area contributed by atoms with Crippen molar-refractivity contribution in [2.75, 3.05) is 33.2 Å². The molecule has 0 aromatic rings. The smallest absolute Gasteiger partial charge is 0.191 e. The highest BCUT2D eigenvalue weighted by Crippen LogP contribution is 2.15. The molecule has 0 radical (unpaired) electrons. The second-order valence-corrected chi connectivity index (χ2v) is 4.05. The quantitative estimate of drug-likeness (QED) is 0.413. The van der Waals surface area contributed by atoms with Crippen LogP contribution >= 0.6 is 0 Å². The summed E-state index contributed by atoms with van der Waals surface area (Å²) >= 11 is 0. The van der Waals surface area contributed by atoms with Gasteiger partial charge in [0.15, 0.2) is 5.96 Å². The number of hydrogen-bond acceptors (Lipinski definition) is 2. The van der Waals surface area contributed by atoms with Crippen molar-refractivity contribution in [3.8, 4) is 0 Å². The highest BCUT2D eigenvalue weighted by Gasteiger charge is 2.22. The monoisotopic (exact) mass is 224 g/mol. The van der Waals surface area contributed by atoms with Crippen molar-refractivity contribution >= 4 is 5.96 Å². The predicted molar refractivity (Wildman–Crippen MR) is 69.8 cm³/mol. The van der Waals surface area contributed by atoms with Crippen LogP contribution in [0.2, 0.25) is 0 Å². The molecule has 1 aliphatic rings. The van der Waals surface area contributed by atoms with Gasteiger partial charge in [0.1, 0.15) is 0 Å². The van der Waals surface area contributed by atoms with E-state index in [0.717, 1.165) is 25.6 Å². The largest absolute Gasteiger partial charge is 0.355 e. The number of likely N-dealkylation sites (tertiary alicyclic amines) is 1. The maximum absolute atomic E-state index is 4.17. The Morgan fingerprint density at radius 2 is 2.38 bits per heavy atom. The third kappa shape index (κ3) is 3.85. The first-order valence-corrected chi connectivity index (χ1v) is 6.11. The van der Waals surface area contributed by atoms with E-state index in [0.29, 0.717) is 6.04 Å². The summed E-state index contributed by atoms with van der Waals surface area (Å²) in [7, 11) is 1.80. The van der Waals surface area contributed by atoms with Gasteiger partial charge < -0.3 is 10.6 Å². The van der Waals surface area contributed by atoms with Crippen molar-refractivity contribution in [2.24, 2.45) is 4.99 Å². The lowest BCUT2D eigenvalue weighted by atomic mass is 10.2. The van der Waals surface area contributed by atoms with Gasteiger partial charge in [-0.25, -0.2) is 0 Å². The highest BCUT2D eigenvalue weighted by molar-refractivity contribution is 5.79. The minimum absolute atomic E-state index is 0.660. The summed E-state index contributed by atoms with van der Waals surface area (Å²) in [5.74, 6) is 0.864. The minimum Gasteiger partial charge on any atom is -0.355 e. The number of aliphatic imine (C=N–C) groups is 1. The van der Waals surface area contributed by atoms with Gasteiger partial charge in [-0.15, -0.1) is 6.58 Å². The van der Waals surface area contributed by atoms with Crippen LogP contribution in [0, 0.1) is 0 Å². The Kier molecular flexibility index (Phi) is 5.93. The molecule has 16 heavy (non-hydrogen) atoms. The zero-order chi connectivity index (χ0) is 11.8. The van der Waals surface area contributed by atoms with Crippen LogP contribution in [0.3, 0.4) is 0 Å². The maximum atomic E-state index is 4.17.